The molecule has 1 fully saturated rings. The molecule has 3 rings (SSSR count). The lowest BCUT2D eigenvalue weighted by Gasteiger charge is -2.43. The van der Waals surface area contributed by atoms with Gasteiger partial charge in [-0.1, -0.05) is 6.92 Å². The van der Waals surface area contributed by atoms with E-state index in [9.17, 15) is 4.79 Å². The van der Waals surface area contributed by atoms with Crippen LogP contribution in [0, 0.1) is 5.92 Å². The van der Waals surface area contributed by atoms with Gasteiger partial charge in [-0.2, -0.15) is 5.10 Å². The molecule has 17 heavy (non-hydrogen) atoms. The van der Waals surface area contributed by atoms with Crippen LogP contribution in [0.2, 0.25) is 0 Å². The van der Waals surface area contributed by atoms with Crippen LogP contribution in [0.1, 0.15) is 37.4 Å². The Kier molecular flexibility index (Phi) is 2.65. The molecule has 1 aliphatic carbocycles. The Bertz CT molecular complexity index is 426. The van der Waals surface area contributed by atoms with Crippen LogP contribution in [0.25, 0.3) is 0 Å². The molecule has 4 nitrogen and oxygen atoms in total. The Hall–Kier alpha value is -1.32. The van der Waals surface area contributed by atoms with E-state index in [4.69, 9.17) is 0 Å². The number of carbonyl (C=O) groups is 1. The molecule has 0 aromatic carbocycles. The predicted molar refractivity (Wildman–Crippen MR) is 64.5 cm³/mol. The second-order valence-corrected chi connectivity index (χ2v) is 5.24. The quantitative estimate of drug-likeness (QED) is 0.842. The molecule has 1 amide bonds. The molecule has 1 aromatic rings. The molecule has 92 valence electrons. The smallest absolute Gasteiger partial charge is 0.222 e. The summed E-state index contributed by atoms with van der Waals surface area (Å²) in [5.41, 5.74) is 2.60. The zero-order chi connectivity index (χ0) is 11.8. The zero-order valence-corrected chi connectivity index (χ0v) is 10.3. The minimum Gasteiger partial charge on any atom is -0.339 e. The monoisotopic (exact) mass is 233 g/mol. The number of H-pyrrole nitrogens is 1. The van der Waals surface area contributed by atoms with Gasteiger partial charge in [0.05, 0.1) is 6.20 Å². The highest BCUT2D eigenvalue weighted by Gasteiger charge is 2.38. The van der Waals surface area contributed by atoms with Crippen LogP contribution in [0.5, 0.6) is 0 Å². The molecule has 0 bridgehead atoms. The van der Waals surface area contributed by atoms with E-state index in [1.54, 1.807) is 0 Å². The van der Waals surface area contributed by atoms with Gasteiger partial charge >= 0.3 is 0 Å². The van der Waals surface area contributed by atoms with Gasteiger partial charge in [-0.25, -0.2) is 0 Å². The number of piperidine rings is 1. The lowest BCUT2D eigenvalue weighted by Crippen LogP contribution is -2.52. The fraction of sp³-hybridized carbons (Fsp3) is 0.692. The maximum atomic E-state index is 12.0. The maximum Gasteiger partial charge on any atom is 0.222 e. The number of fused-ring (bicyclic) bond motifs is 2. The number of nitrogens with one attached hydrogen (secondary N) is 1. The molecular weight excluding hydrogens is 214 g/mol. The molecule has 4 heteroatoms. The van der Waals surface area contributed by atoms with Crippen molar-refractivity contribution in [2.75, 3.05) is 6.54 Å². The van der Waals surface area contributed by atoms with Gasteiger partial charge in [0, 0.05) is 24.7 Å². The molecule has 1 aliphatic heterocycles. The fourth-order valence-electron chi connectivity index (χ4n) is 3.31. The molecule has 0 spiro atoms. The van der Waals surface area contributed by atoms with Crippen molar-refractivity contribution >= 4 is 5.91 Å². The Morgan fingerprint density at radius 3 is 3.24 bits per heavy atom. The van der Waals surface area contributed by atoms with E-state index in [2.05, 4.69) is 22.0 Å². The van der Waals surface area contributed by atoms with Crippen molar-refractivity contribution in [3.05, 3.63) is 17.5 Å². The van der Waals surface area contributed by atoms with E-state index >= 15 is 0 Å². The van der Waals surface area contributed by atoms with Gasteiger partial charge < -0.3 is 4.90 Å². The molecule has 0 radical (unpaired) electrons. The fourth-order valence-corrected chi connectivity index (χ4v) is 3.31. The lowest BCUT2D eigenvalue weighted by molar-refractivity contribution is -0.139. The van der Waals surface area contributed by atoms with Crippen molar-refractivity contribution in [3.8, 4) is 0 Å². The van der Waals surface area contributed by atoms with E-state index in [0.717, 1.165) is 38.6 Å². The summed E-state index contributed by atoms with van der Waals surface area (Å²) in [4.78, 5) is 14.1. The minimum atomic E-state index is 0.347. The van der Waals surface area contributed by atoms with Gasteiger partial charge in [-0.15, -0.1) is 0 Å². The van der Waals surface area contributed by atoms with Crippen molar-refractivity contribution in [3.63, 3.8) is 0 Å². The molecule has 2 heterocycles. The first-order valence-corrected chi connectivity index (χ1v) is 6.60. The molecule has 1 N–H and O–H groups in total. The summed E-state index contributed by atoms with van der Waals surface area (Å²) < 4.78 is 0. The van der Waals surface area contributed by atoms with Gasteiger partial charge in [0.25, 0.3) is 0 Å². The average Bonchev–Trinajstić information content (AvgIpc) is 2.78. The number of aromatic nitrogens is 2. The number of amides is 1. The van der Waals surface area contributed by atoms with Crippen LogP contribution in [-0.4, -0.2) is 33.6 Å². The SMILES string of the molecule is CCCN1C(=O)CC[C@@H]2Cc3[nH]ncc3C[C@H]21. The third-order valence-electron chi connectivity index (χ3n) is 4.16. The molecule has 0 unspecified atom stereocenters. The Morgan fingerprint density at radius 2 is 2.41 bits per heavy atom. The Labute approximate surface area is 101 Å². The van der Waals surface area contributed by atoms with Crippen LogP contribution in [0.15, 0.2) is 6.20 Å². The highest BCUT2D eigenvalue weighted by Crippen LogP contribution is 2.34. The average molecular weight is 233 g/mol. The molecule has 0 saturated carbocycles. The summed E-state index contributed by atoms with van der Waals surface area (Å²) in [5, 5.41) is 7.22. The number of carbonyl (C=O) groups excluding carboxylic acids is 1. The normalized spacial score (nSPS) is 27.8. The largest absolute Gasteiger partial charge is 0.339 e. The molecule has 2 aliphatic rings. The highest BCUT2D eigenvalue weighted by molar-refractivity contribution is 5.77. The number of rotatable bonds is 2. The maximum absolute atomic E-state index is 12.0. The number of likely N-dealkylation sites (tertiary alicyclic amines) is 1. The van der Waals surface area contributed by atoms with Gasteiger partial charge in [-0.05, 0) is 37.2 Å². The van der Waals surface area contributed by atoms with Gasteiger partial charge in [0.2, 0.25) is 5.91 Å². The van der Waals surface area contributed by atoms with E-state index in [1.807, 2.05) is 6.20 Å². The van der Waals surface area contributed by atoms with Gasteiger partial charge in [0.1, 0.15) is 0 Å². The topological polar surface area (TPSA) is 49.0 Å². The van der Waals surface area contributed by atoms with Crippen molar-refractivity contribution < 1.29 is 4.79 Å². The zero-order valence-electron chi connectivity index (χ0n) is 10.3. The third-order valence-corrected chi connectivity index (χ3v) is 4.16. The summed E-state index contributed by atoms with van der Waals surface area (Å²) in [6.07, 6.45) is 6.80. The second kappa shape index (κ2) is 4.17. The Morgan fingerprint density at radius 1 is 1.53 bits per heavy atom. The van der Waals surface area contributed by atoms with Crippen molar-refractivity contribution in [1.29, 1.82) is 0 Å². The summed E-state index contributed by atoms with van der Waals surface area (Å²) in [7, 11) is 0. The van der Waals surface area contributed by atoms with Crippen LogP contribution in [0.4, 0.5) is 0 Å². The predicted octanol–water partition coefficient (Wildman–Crippen LogP) is 1.53. The van der Waals surface area contributed by atoms with E-state index in [0.29, 0.717) is 17.9 Å². The van der Waals surface area contributed by atoms with Crippen LogP contribution in [-0.2, 0) is 17.6 Å². The standard InChI is InChI=1S/C13H19N3O/c1-2-5-16-12-7-10-8-14-15-11(10)6-9(12)3-4-13(16)17/h8-9,12H,2-7H2,1H3,(H,14,15)/t9-,12-/m1/s1. The summed E-state index contributed by atoms with van der Waals surface area (Å²) in [6.45, 7) is 3.05. The number of aromatic amines is 1. The highest BCUT2D eigenvalue weighted by atomic mass is 16.2. The third kappa shape index (κ3) is 1.75. The second-order valence-electron chi connectivity index (χ2n) is 5.24. The summed E-state index contributed by atoms with van der Waals surface area (Å²) in [6, 6.07) is 0.418. The first-order valence-electron chi connectivity index (χ1n) is 6.60. The molecular formula is C13H19N3O. The van der Waals surface area contributed by atoms with Crippen LogP contribution in [0.3, 0.4) is 0 Å². The Balaban J connectivity index is 1.86. The van der Waals surface area contributed by atoms with Crippen LogP contribution < -0.4 is 0 Å². The number of nitrogens with zero attached hydrogens (tertiary/aromatic N) is 2. The van der Waals surface area contributed by atoms with Crippen molar-refractivity contribution in [2.24, 2.45) is 5.92 Å². The summed E-state index contributed by atoms with van der Waals surface area (Å²) >= 11 is 0. The van der Waals surface area contributed by atoms with Crippen molar-refractivity contribution in [1.82, 2.24) is 15.1 Å². The number of hydrogen-bond acceptors (Lipinski definition) is 2. The van der Waals surface area contributed by atoms with Crippen LogP contribution >= 0.6 is 0 Å². The molecule has 1 aromatic heterocycles. The van der Waals surface area contributed by atoms with Gasteiger partial charge in [-0.3, -0.25) is 9.89 Å². The van der Waals surface area contributed by atoms with E-state index in [-0.39, 0.29) is 0 Å². The number of hydrogen-bond donors (Lipinski definition) is 1. The molecule has 1 saturated heterocycles. The van der Waals surface area contributed by atoms with Crippen molar-refractivity contribution in [2.45, 2.75) is 45.1 Å². The van der Waals surface area contributed by atoms with Gasteiger partial charge in [0.15, 0.2) is 0 Å². The minimum absolute atomic E-state index is 0.347. The lowest BCUT2D eigenvalue weighted by atomic mass is 9.77. The first-order chi connectivity index (χ1) is 8.29. The van der Waals surface area contributed by atoms with E-state index < -0.39 is 0 Å². The van der Waals surface area contributed by atoms with E-state index in [1.165, 1.54) is 11.3 Å². The summed E-state index contributed by atoms with van der Waals surface area (Å²) in [5.74, 6) is 0.979. The first kappa shape index (κ1) is 10.8. The molecule has 2 atom stereocenters.